The standard InChI is InChI=1S/C12H14ClF3N2O2S/c13-11-4-3-10(5-8(11)6-17)21(19,20)18(9-1-2-9)7-12(14,15)16/h3-5,9H,1-2,6-7,17H2. The zero-order valence-corrected chi connectivity index (χ0v) is 12.5. The molecule has 2 N–H and O–H groups in total. The molecule has 1 aromatic rings. The van der Waals surface area contributed by atoms with Crippen LogP contribution in [-0.4, -0.2) is 31.5 Å². The Balaban J connectivity index is 2.39. The highest BCUT2D eigenvalue weighted by Gasteiger charge is 2.44. The Hall–Kier alpha value is -0.830. The zero-order chi connectivity index (χ0) is 15.8. The van der Waals surface area contributed by atoms with E-state index >= 15 is 0 Å². The number of hydrogen-bond acceptors (Lipinski definition) is 3. The molecule has 1 aliphatic carbocycles. The fourth-order valence-corrected chi connectivity index (χ4v) is 3.87. The molecule has 1 saturated carbocycles. The summed E-state index contributed by atoms with van der Waals surface area (Å²) in [5.41, 5.74) is 5.82. The summed E-state index contributed by atoms with van der Waals surface area (Å²) >= 11 is 5.84. The van der Waals surface area contributed by atoms with Gasteiger partial charge in [0.2, 0.25) is 10.0 Å². The van der Waals surface area contributed by atoms with Crippen LogP contribution in [0.1, 0.15) is 18.4 Å². The minimum Gasteiger partial charge on any atom is -0.326 e. The molecule has 2 rings (SSSR count). The van der Waals surface area contributed by atoms with Crippen molar-refractivity contribution < 1.29 is 21.6 Å². The van der Waals surface area contributed by atoms with Crippen molar-refractivity contribution in [1.29, 1.82) is 0 Å². The van der Waals surface area contributed by atoms with Gasteiger partial charge in [0.25, 0.3) is 0 Å². The molecule has 1 aliphatic rings. The number of rotatable bonds is 5. The average molecular weight is 343 g/mol. The normalized spacial score (nSPS) is 16.5. The molecule has 0 aliphatic heterocycles. The Kier molecular flexibility index (Phi) is 4.53. The van der Waals surface area contributed by atoms with Crippen LogP contribution in [0, 0.1) is 0 Å². The Morgan fingerprint density at radius 1 is 1.33 bits per heavy atom. The summed E-state index contributed by atoms with van der Waals surface area (Å²) in [4.78, 5) is -0.219. The highest BCUT2D eigenvalue weighted by Crippen LogP contribution is 2.35. The lowest BCUT2D eigenvalue weighted by Gasteiger charge is -2.23. The first-order valence-electron chi connectivity index (χ1n) is 6.22. The van der Waals surface area contributed by atoms with Crippen molar-refractivity contribution in [2.75, 3.05) is 6.54 Å². The summed E-state index contributed by atoms with van der Waals surface area (Å²) in [5, 5.41) is 0.283. The highest BCUT2D eigenvalue weighted by molar-refractivity contribution is 7.89. The number of sulfonamides is 1. The average Bonchev–Trinajstić information content (AvgIpc) is 3.19. The van der Waals surface area contributed by atoms with Crippen LogP contribution >= 0.6 is 11.6 Å². The molecule has 21 heavy (non-hydrogen) atoms. The third kappa shape index (κ3) is 3.88. The highest BCUT2D eigenvalue weighted by atomic mass is 35.5. The first kappa shape index (κ1) is 16.5. The van der Waals surface area contributed by atoms with Gasteiger partial charge in [0.1, 0.15) is 6.54 Å². The summed E-state index contributed by atoms with van der Waals surface area (Å²) in [6.07, 6.45) is -3.71. The van der Waals surface area contributed by atoms with E-state index in [-0.39, 0.29) is 16.5 Å². The summed E-state index contributed by atoms with van der Waals surface area (Å²) in [6, 6.07) is 3.16. The number of nitrogens with zero attached hydrogens (tertiary/aromatic N) is 1. The van der Waals surface area contributed by atoms with E-state index in [0.29, 0.717) is 22.7 Å². The van der Waals surface area contributed by atoms with Crippen molar-refractivity contribution in [3.05, 3.63) is 28.8 Å². The number of hydrogen-bond donors (Lipinski definition) is 1. The lowest BCUT2D eigenvalue weighted by atomic mass is 10.2. The largest absolute Gasteiger partial charge is 0.402 e. The van der Waals surface area contributed by atoms with Gasteiger partial charge >= 0.3 is 6.18 Å². The Morgan fingerprint density at radius 3 is 2.43 bits per heavy atom. The van der Waals surface area contributed by atoms with Crippen LogP contribution in [0.25, 0.3) is 0 Å². The van der Waals surface area contributed by atoms with Crippen LogP contribution in [0.3, 0.4) is 0 Å². The molecule has 0 heterocycles. The quantitative estimate of drug-likeness (QED) is 0.894. The second-order valence-corrected chi connectivity index (χ2v) is 7.15. The molecule has 0 amide bonds. The Bertz CT molecular complexity index is 630. The third-order valence-electron chi connectivity index (χ3n) is 3.13. The molecule has 0 radical (unpaired) electrons. The maximum atomic E-state index is 12.6. The van der Waals surface area contributed by atoms with Crippen LogP contribution in [0.15, 0.2) is 23.1 Å². The third-order valence-corrected chi connectivity index (χ3v) is 5.40. The van der Waals surface area contributed by atoms with Crippen LogP contribution in [0.5, 0.6) is 0 Å². The molecule has 9 heteroatoms. The van der Waals surface area contributed by atoms with Gasteiger partial charge in [-0.1, -0.05) is 11.6 Å². The maximum absolute atomic E-state index is 12.6. The molecule has 0 saturated heterocycles. The molecule has 0 bridgehead atoms. The maximum Gasteiger partial charge on any atom is 0.402 e. The van der Waals surface area contributed by atoms with Crippen molar-refractivity contribution in [3.8, 4) is 0 Å². The molecule has 1 aromatic carbocycles. The van der Waals surface area contributed by atoms with E-state index in [2.05, 4.69) is 0 Å². The van der Waals surface area contributed by atoms with Crippen LogP contribution in [-0.2, 0) is 16.6 Å². The molecule has 1 fully saturated rings. The fraction of sp³-hybridized carbons (Fsp3) is 0.500. The second kappa shape index (κ2) is 5.75. The van der Waals surface area contributed by atoms with Gasteiger partial charge < -0.3 is 5.73 Å². The molecule has 0 spiro atoms. The van der Waals surface area contributed by atoms with Gasteiger partial charge in [-0.2, -0.15) is 17.5 Å². The van der Waals surface area contributed by atoms with Gasteiger partial charge in [-0.3, -0.25) is 0 Å². The SMILES string of the molecule is NCc1cc(S(=O)(=O)N(CC(F)(F)F)C2CC2)ccc1Cl. The molecule has 0 aromatic heterocycles. The van der Waals surface area contributed by atoms with Gasteiger partial charge in [-0.05, 0) is 36.6 Å². The van der Waals surface area contributed by atoms with Crippen molar-refractivity contribution in [3.63, 3.8) is 0 Å². The number of halogens is 4. The van der Waals surface area contributed by atoms with Crippen LogP contribution < -0.4 is 5.73 Å². The lowest BCUT2D eigenvalue weighted by Crippen LogP contribution is -2.40. The van der Waals surface area contributed by atoms with E-state index in [4.69, 9.17) is 17.3 Å². The molecular weight excluding hydrogens is 329 g/mol. The lowest BCUT2D eigenvalue weighted by molar-refractivity contribution is -0.137. The second-order valence-electron chi connectivity index (χ2n) is 4.85. The van der Waals surface area contributed by atoms with Gasteiger partial charge in [-0.25, -0.2) is 8.42 Å². The smallest absolute Gasteiger partial charge is 0.326 e. The van der Waals surface area contributed by atoms with E-state index in [1.165, 1.54) is 18.2 Å². The predicted octanol–water partition coefficient (Wildman–Crippen LogP) is 2.51. The van der Waals surface area contributed by atoms with Crippen molar-refractivity contribution in [1.82, 2.24) is 4.31 Å². The summed E-state index contributed by atoms with van der Waals surface area (Å²) in [7, 11) is -4.22. The molecule has 0 unspecified atom stereocenters. The van der Waals surface area contributed by atoms with Crippen molar-refractivity contribution >= 4 is 21.6 Å². The minimum atomic E-state index is -4.58. The Labute approximate surface area is 125 Å². The number of benzene rings is 1. The molecule has 118 valence electrons. The van der Waals surface area contributed by atoms with Gasteiger partial charge in [0.05, 0.1) is 4.90 Å². The van der Waals surface area contributed by atoms with E-state index in [1.54, 1.807) is 0 Å². The van der Waals surface area contributed by atoms with E-state index < -0.39 is 28.8 Å². The van der Waals surface area contributed by atoms with Gasteiger partial charge in [0.15, 0.2) is 0 Å². The van der Waals surface area contributed by atoms with Crippen molar-refractivity contribution in [2.24, 2.45) is 5.73 Å². The van der Waals surface area contributed by atoms with E-state index in [0.717, 1.165) is 0 Å². The first-order chi connectivity index (χ1) is 9.65. The fourth-order valence-electron chi connectivity index (χ4n) is 1.95. The minimum absolute atomic E-state index is 0.00485. The van der Waals surface area contributed by atoms with Crippen molar-refractivity contribution in [2.45, 2.75) is 36.5 Å². The summed E-state index contributed by atoms with van der Waals surface area (Å²) in [6.45, 7) is -1.48. The Morgan fingerprint density at radius 2 is 1.95 bits per heavy atom. The van der Waals surface area contributed by atoms with E-state index in [9.17, 15) is 21.6 Å². The summed E-state index contributed by atoms with van der Waals surface area (Å²) in [5.74, 6) is 0. The van der Waals surface area contributed by atoms with Gasteiger partial charge in [0, 0.05) is 17.6 Å². The number of alkyl halides is 3. The van der Waals surface area contributed by atoms with Gasteiger partial charge in [-0.15, -0.1) is 0 Å². The molecule has 4 nitrogen and oxygen atoms in total. The van der Waals surface area contributed by atoms with Crippen LogP contribution in [0.4, 0.5) is 13.2 Å². The zero-order valence-electron chi connectivity index (χ0n) is 10.9. The molecule has 0 atom stereocenters. The monoisotopic (exact) mass is 342 g/mol. The summed E-state index contributed by atoms with van der Waals surface area (Å²) < 4.78 is 63.1. The topological polar surface area (TPSA) is 63.4 Å². The number of nitrogens with two attached hydrogens (primary N) is 1. The molecular formula is C12H14ClF3N2O2S. The predicted molar refractivity (Wildman–Crippen MR) is 72.3 cm³/mol. The first-order valence-corrected chi connectivity index (χ1v) is 8.04. The van der Waals surface area contributed by atoms with E-state index in [1.807, 2.05) is 0 Å². The van der Waals surface area contributed by atoms with Crippen LogP contribution in [0.2, 0.25) is 5.02 Å².